The first kappa shape index (κ1) is 20.5. The summed E-state index contributed by atoms with van der Waals surface area (Å²) >= 11 is 13.3. The van der Waals surface area contributed by atoms with Crippen LogP contribution in [0.1, 0.15) is 20.7 Å². The molecule has 1 heterocycles. The highest BCUT2D eigenvalue weighted by Crippen LogP contribution is 2.23. The van der Waals surface area contributed by atoms with Crippen LogP contribution in [0.2, 0.25) is 10.0 Å². The van der Waals surface area contributed by atoms with Gasteiger partial charge in [-0.05, 0) is 36.4 Å². The van der Waals surface area contributed by atoms with E-state index in [-0.39, 0.29) is 10.6 Å². The zero-order valence-electron chi connectivity index (χ0n) is 15.1. The van der Waals surface area contributed by atoms with E-state index < -0.39 is 11.9 Å². The van der Waals surface area contributed by atoms with E-state index in [1.165, 1.54) is 24.5 Å². The van der Waals surface area contributed by atoms with Gasteiger partial charge in [0.15, 0.2) is 4.80 Å². The van der Waals surface area contributed by atoms with Gasteiger partial charge in [0.05, 0.1) is 40.1 Å². The fraction of sp³-hybridized carbons (Fsp3) is 0.211. The van der Waals surface area contributed by atoms with E-state index in [1.54, 1.807) is 37.4 Å². The second-order valence-corrected chi connectivity index (χ2v) is 7.60. The van der Waals surface area contributed by atoms with Gasteiger partial charge in [-0.3, -0.25) is 4.79 Å². The molecular weight excluding hydrogens is 423 g/mol. The number of ether oxygens (including phenoxy) is 2. The molecule has 0 aliphatic rings. The fourth-order valence-electron chi connectivity index (χ4n) is 2.61. The Morgan fingerprint density at radius 2 is 1.93 bits per heavy atom. The quantitative estimate of drug-likeness (QED) is 0.560. The van der Waals surface area contributed by atoms with E-state index in [1.807, 2.05) is 4.57 Å². The van der Waals surface area contributed by atoms with Crippen LogP contribution in [0, 0.1) is 0 Å². The number of rotatable bonds is 5. The number of hydrogen-bond donors (Lipinski definition) is 0. The predicted octanol–water partition coefficient (Wildman–Crippen LogP) is 4.18. The predicted molar refractivity (Wildman–Crippen MR) is 109 cm³/mol. The highest BCUT2D eigenvalue weighted by atomic mass is 35.5. The van der Waals surface area contributed by atoms with Crippen molar-refractivity contribution in [1.29, 1.82) is 0 Å². The van der Waals surface area contributed by atoms with Crippen molar-refractivity contribution >= 4 is 56.6 Å². The minimum atomic E-state index is -0.479. The van der Waals surface area contributed by atoms with E-state index in [9.17, 15) is 9.59 Å². The summed E-state index contributed by atoms with van der Waals surface area (Å²) in [5.41, 5.74) is 1.52. The van der Waals surface area contributed by atoms with E-state index in [0.29, 0.717) is 28.5 Å². The number of carbonyl (C=O) groups is 2. The first-order chi connectivity index (χ1) is 13.4. The molecule has 146 valence electrons. The smallest absolute Gasteiger partial charge is 0.337 e. The largest absolute Gasteiger partial charge is 0.465 e. The van der Waals surface area contributed by atoms with E-state index in [2.05, 4.69) is 4.99 Å². The van der Waals surface area contributed by atoms with Gasteiger partial charge in [0.25, 0.3) is 5.91 Å². The maximum atomic E-state index is 12.7. The standard InChI is InChI=1S/C19H16Cl2N2O4S/c1-26-8-7-23-15-6-3-11(18(25)27-2)9-16(15)28-19(23)22-17(24)13-5-4-12(20)10-14(13)21/h3-6,9-10H,7-8H2,1-2H3. The number of carbonyl (C=O) groups excluding carboxylic acids is 2. The second-order valence-electron chi connectivity index (χ2n) is 5.74. The van der Waals surface area contributed by atoms with Crippen molar-refractivity contribution in [2.24, 2.45) is 4.99 Å². The second kappa shape index (κ2) is 8.87. The molecule has 0 saturated heterocycles. The van der Waals surface area contributed by atoms with Gasteiger partial charge >= 0.3 is 5.97 Å². The number of amides is 1. The Kier molecular flexibility index (Phi) is 6.51. The minimum Gasteiger partial charge on any atom is -0.465 e. The fourth-order valence-corrected chi connectivity index (χ4v) is 4.20. The molecule has 2 aromatic carbocycles. The Bertz CT molecular complexity index is 1120. The number of aromatic nitrogens is 1. The lowest BCUT2D eigenvalue weighted by Crippen LogP contribution is -2.19. The average molecular weight is 439 g/mol. The lowest BCUT2D eigenvalue weighted by Gasteiger charge is -2.05. The Morgan fingerprint density at radius 3 is 2.61 bits per heavy atom. The summed E-state index contributed by atoms with van der Waals surface area (Å²) in [6.45, 7) is 0.933. The first-order valence-corrected chi connectivity index (χ1v) is 9.76. The van der Waals surface area contributed by atoms with Crippen molar-refractivity contribution in [3.8, 4) is 0 Å². The minimum absolute atomic E-state index is 0.235. The molecule has 9 heteroatoms. The van der Waals surface area contributed by atoms with Crippen LogP contribution in [0.25, 0.3) is 10.2 Å². The molecule has 0 N–H and O–H groups in total. The van der Waals surface area contributed by atoms with Crippen LogP contribution in [0.5, 0.6) is 0 Å². The summed E-state index contributed by atoms with van der Waals surface area (Å²) in [7, 11) is 2.93. The van der Waals surface area contributed by atoms with Crippen LogP contribution >= 0.6 is 34.5 Å². The molecule has 6 nitrogen and oxygen atoms in total. The molecule has 28 heavy (non-hydrogen) atoms. The zero-order valence-corrected chi connectivity index (χ0v) is 17.4. The Balaban J connectivity index is 2.13. The summed E-state index contributed by atoms with van der Waals surface area (Å²) in [5.74, 6) is -0.908. The number of methoxy groups -OCH3 is 2. The van der Waals surface area contributed by atoms with Gasteiger partial charge in [0.2, 0.25) is 0 Å². The molecule has 1 aromatic heterocycles. The van der Waals surface area contributed by atoms with Gasteiger partial charge in [0, 0.05) is 18.7 Å². The number of fused-ring (bicyclic) bond motifs is 1. The van der Waals surface area contributed by atoms with Crippen LogP contribution in [-0.2, 0) is 16.0 Å². The maximum Gasteiger partial charge on any atom is 0.337 e. The van der Waals surface area contributed by atoms with Crippen LogP contribution < -0.4 is 4.80 Å². The molecule has 0 saturated carbocycles. The molecule has 1 amide bonds. The Labute approximate surface area is 174 Å². The molecule has 0 radical (unpaired) electrons. The topological polar surface area (TPSA) is 69.9 Å². The van der Waals surface area contributed by atoms with Crippen molar-refractivity contribution in [3.05, 3.63) is 62.4 Å². The molecule has 0 atom stereocenters. The molecule has 3 rings (SSSR count). The molecule has 0 bridgehead atoms. The van der Waals surface area contributed by atoms with Crippen molar-refractivity contribution in [1.82, 2.24) is 4.57 Å². The van der Waals surface area contributed by atoms with Crippen LogP contribution in [0.3, 0.4) is 0 Å². The monoisotopic (exact) mass is 438 g/mol. The van der Waals surface area contributed by atoms with Gasteiger partial charge < -0.3 is 14.0 Å². The third kappa shape index (κ3) is 4.28. The SMILES string of the molecule is COCCn1c(=NC(=O)c2ccc(Cl)cc2Cl)sc2cc(C(=O)OC)ccc21. The third-order valence-corrected chi connectivity index (χ3v) is 5.57. The van der Waals surface area contributed by atoms with Crippen LogP contribution in [0.15, 0.2) is 41.4 Å². The van der Waals surface area contributed by atoms with Gasteiger partial charge in [-0.1, -0.05) is 34.5 Å². The molecular formula is C19H16Cl2N2O4S. The average Bonchev–Trinajstić information content (AvgIpc) is 3.01. The van der Waals surface area contributed by atoms with E-state index in [0.717, 1.165) is 10.2 Å². The molecule has 0 fully saturated rings. The molecule has 0 aliphatic carbocycles. The molecule has 0 aliphatic heterocycles. The summed E-state index contributed by atoms with van der Waals surface area (Å²) in [5, 5.41) is 0.674. The van der Waals surface area contributed by atoms with Gasteiger partial charge in [-0.25, -0.2) is 4.79 Å². The molecule has 0 spiro atoms. The van der Waals surface area contributed by atoms with Crippen molar-refractivity contribution in [2.45, 2.75) is 6.54 Å². The normalized spacial score (nSPS) is 11.8. The molecule has 3 aromatic rings. The van der Waals surface area contributed by atoms with E-state index >= 15 is 0 Å². The summed E-state index contributed by atoms with van der Waals surface area (Å²) < 4.78 is 12.6. The van der Waals surface area contributed by atoms with Crippen molar-refractivity contribution < 1.29 is 19.1 Å². The van der Waals surface area contributed by atoms with E-state index in [4.69, 9.17) is 32.7 Å². The highest BCUT2D eigenvalue weighted by Gasteiger charge is 2.14. The number of thiazole rings is 1. The van der Waals surface area contributed by atoms with Gasteiger partial charge in [0.1, 0.15) is 0 Å². The molecule has 0 unspecified atom stereocenters. The summed E-state index contributed by atoms with van der Waals surface area (Å²) in [4.78, 5) is 29.2. The number of halogens is 2. The van der Waals surface area contributed by atoms with Crippen LogP contribution in [0.4, 0.5) is 0 Å². The lowest BCUT2D eigenvalue weighted by atomic mass is 10.2. The zero-order chi connectivity index (χ0) is 20.3. The third-order valence-electron chi connectivity index (χ3n) is 3.98. The number of benzene rings is 2. The number of hydrogen-bond acceptors (Lipinski definition) is 5. The van der Waals surface area contributed by atoms with Crippen LogP contribution in [-0.4, -0.2) is 37.3 Å². The van der Waals surface area contributed by atoms with Crippen molar-refractivity contribution in [2.75, 3.05) is 20.8 Å². The maximum absolute atomic E-state index is 12.7. The van der Waals surface area contributed by atoms with Gasteiger partial charge in [-0.2, -0.15) is 4.99 Å². The Morgan fingerprint density at radius 1 is 1.14 bits per heavy atom. The number of esters is 1. The highest BCUT2D eigenvalue weighted by molar-refractivity contribution is 7.16. The Hall–Kier alpha value is -2.19. The van der Waals surface area contributed by atoms with Gasteiger partial charge in [-0.15, -0.1) is 0 Å². The van der Waals surface area contributed by atoms with Crippen molar-refractivity contribution in [3.63, 3.8) is 0 Å². The lowest BCUT2D eigenvalue weighted by molar-refractivity contribution is 0.0601. The summed E-state index contributed by atoms with van der Waals surface area (Å²) in [6.07, 6.45) is 0. The summed E-state index contributed by atoms with van der Waals surface area (Å²) in [6, 6.07) is 9.81. The first-order valence-electron chi connectivity index (χ1n) is 8.19. The number of nitrogens with zero attached hydrogens (tertiary/aromatic N) is 2.